The van der Waals surface area contributed by atoms with Crippen LogP contribution in [0.2, 0.25) is 5.28 Å². The first-order valence-corrected chi connectivity index (χ1v) is 27.2. The Bertz CT molecular complexity index is 1720. The molecule has 0 saturated carbocycles. The zero-order valence-corrected chi connectivity index (χ0v) is 52.7. The van der Waals surface area contributed by atoms with Crippen LogP contribution >= 0.6 is 34.2 Å². The molecule has 0 aliphatic heterocycles. The molecule has 0 aliphatic rings. The fraction of sp³-hybridized carbons (Fsp3) is 0.750. The minimum Gasteiger partial charge on any atom is -0.870 e. The van der Waals surface area contributed by atoms with Crippen molar-refractivity contribution in [3.8, 4) is 0 Å². The van der Waals surface area contributed by atoms with Crippen LogP contribution in [0.15, 0.2) is 0 Å². The van der Waals surface area contributed by atoms with E-state index < -0.39 is 20.8 Å². The van der Waals surface area contributed by atoms with E-state index in [1.54, 1.807) is 0 Å². The Labute approximate surface area is 490 Å². The molecule has 0 bridgehead atoms. The average molecular weight is 1270 g/mol. The standard InChI is InChI=1S/2C12H24N6.C9H16ClN5.C3H6I.C3H9N.CH4.Na.2H2O4S.H2O.V/c2*1-5-8-13-10-15-11(14-9-6-2)17-12(16-10)18(4)7-3;1-3-5-11-8-13-7(10)14-9(15-8)12-6-4-2;1-2-3-4;1-3-4-2;;;2*1-5(2,3)4;;/h2*5-9H2,1-4H3,(H2,13,14,15,16,17);3-6H2,1-2H3,(H2,11,12,13,14,15);3H,2H2,1H3;4H,3H2,1-2H3;1H4;;2*(H2,1,2,3,4);1H2;/q;;;-1;;;+1;;;;/p-1. The molecule has 0 amide bonds. The number of hydrogen-bond donors (Lipinski definition) is 10. The number of aromatic amines is 1. The third-order valence-electron chi connectivity index (χ3n) is 7.26. The zero-order valence-electron chi connectivity index (χ0n) is 44.7. The van der Waals surface area contributed by atoms with Crippen LogP contribution < -0.4 is 81.6 Å². The van der Waals surface area contributed by atoms with Gasteiger partial charge in [-0.2, -0.15) is 44.7 Å². The van der Waals surface area contributed by atoms with Crippen LogP contribution in [0.1, 0.15) is 122 Å². The number of H-pyrrole nitrogens is 1. The largest absolute Gasteiger partial charge is 1.00 e. The summed E-state index contributed by atoms with van der Waals surface area (Å²) in [5, 5.41) is 22.2. The van der Waals surface area contributed by atoms with Gasteiger partial charge in [0.25, 0.3) is 0 Å². The van der Waals surface area contributed by atoms with E-state index in [0.29, 0.717) is 35.7 Å². The molecule has 33 heteroatoms. The van der Waals surface area contributed by atoms with Crippen molar-refractivity contribution in [2.75, 3.05) is 122 Å². The van der Waals surface area contributed by atoms with Gasteiger partial charge in [0.1, 0.15) is 0 Å². The number of halogens is 2. The number of aromatic nitrogens is 9. The number of nitrogens with zero attached hydrogens (tertiary/aromatic N) is 10. The van der Waals surface area contributed by atoms with Crippen molar-refractivity contribution in [1.82, 2.24) is 45.2 Å². The summed E-state index contributed by atoms with van der Waals surface area (Å²) in [7, 11) is -3.67. The Morgan fingerprint density at radius 3 is 1.14 bits per heavy atom. The maximum absolute atomic E-state index is 8.74. The van der Waals surface area contributed by atoms with Crippen molar-refractivity contribution >= 4 is 103 Å². The van der Waals surface area contributed by atoms with E-state index in [1.807, 2.05) is 26.0 Å². The predicted molar refractivity (Wildman–Crippen MR) is 297 cm³/mol. The molecular weight excluding hydrogens is 1180 g/mol. The van der Waals surface area contributed by atoms with Gasteiger partial charge in [0.05, 0.1) is 0 Å². The van der Waals surface area contributed by atoms with Crippen molar-refractivity contribution in [1.29, 1.82) is 0 Å². The Morgan fingerprint density at radius 2 is 0.877 bits per heavy atom. The predicted octanol–water partition coefficient (Wildman–Crippen LogP) is 3.56. The fourth-order valence-corrected chi connectivity index (χ4v) is 3.82. The van der Waals surface area contributed by atoms with Crippen LogP contribution in [0.4, 0.5) is 47.6 Å². The Balaban J connectivity index is -0.000000121. The van der Waals surface area contributed by atoms with E-state index in [2.05, 4.69) is 183 Å². The van der Waals surface area contributed by atoms with Gasteiger partial charge in [-0.1, -0.05) is 72.8 Å². The monoisotopic (exact) mass is 1260 g/mol. The molecule has 425 valence electrons. The second-order valence-electron chi connectivity index (χ2n) is 13.6. The van der Waals surface area contributed by atoms with Gasteiger partial charge in [0.15, 0.2) is 0 Å². The molecule has 0 atom stereocenters. The summed E-state index contributed by atoms with van der Waals surface area (Å²) in [6, 6.07) is 0. The van der Waals surface area contributed by atoms with Crippen LogP contribution in [0.25, 0.3) is 0 Å². The van der Waals surface area contributed by atoms with Gasteiger partial charge >= 0.3 is 57.8 Å². The van der Waals surface area contributed by atoms with Crippen LogP contribution in [0, 0.1) is 4.43 Å². The Morgan fingerprint density at radius 1 is 0.603 bits per heavy atom. The molecule has 0 unspecified atom stereocenters. The Hall–Kier alpha value is -2.31. The maximum Gasteiger partial charge on any atom is 1.00 e. The van der Waals surface area contributed by atoms with E-state index in [-0.39, 0.29) is 66.3 Å². The second-order valence-corrected chi connectivity index (χ2v) is 16.6. The first-order valence-electron chi connectivity index (χ1n) is 22.8. The molecule has 0 spiro atoms. The fourth-order valence-electron chi connectivity index (χ4n) is 3.66. The maximum atomic E-state index is 8.74. The van der Waals surface area contributed by atoms with E-state index in [4.69, 9.17) is 46.6 Å². The topological polar surface area (TPSA) is 390 Å². The van der Waals surface area contributed by atoms with Gasteiger partial charge in [-0.15, -0.1) is 0 Å². The smallest absolute Gasteiger partial charge is 0.870 e. The van der Waals surface area contributed by atoms with Crippen LogP contribution in [-0.4, -0.2) is 160 Å². The molecular formula is C40H88ClIN18NaO9S2V-. The quantitative estimate of drug-likeness (QED) is 0.0201. The first-order chi connectivity index (χ1) is 32.5. The first kappa shape index (κ1) is 87.4. The van der Waals surface area contributed by atoms with Crippen molar-refractivity contribution in [2.24, 2.45) is 0 Å². The van der Waals surface area contributed by atoms with Crippen molar-refractivity contribution in [2.45, 2.75) is 122 Å². The molecule has 3 rings (SSSR count). The summed E-state index contributed by atoms with van der Waals surface area (Å²) >= 11 is 7.99. The van der Waals surface area contributed by atoms with Crippen molar-refractivity contribution < 1.29 is 93.6 Å². The summed E-state index contributed by atoms with van der Waals surface area (Å²) in [4.78, 5) is 41.4. The van der Waals surface area contributed by atoms with Crippen LogP contribution in [0.5, 0.6) is 0 Å². The molecule has 3 heterocycles. The molecule has 73 heavy (non-hydrogen) atoms. The normalized spacial score (nSPS) is 9.52. The SMILES string of the molecule is C.CCCNc1nc(Cl)nc(NCCC)n1.CCCNc1nc(NCCC)[nH+]c(N(C)CC)n1.CCCNc1nc(NCCC)nc(N(C)CC)n1.CCNC.CC[CH-]I.O=S(=O)(O)O.O=S(=O)([O-])O.[Na+].[OH-].[V]. The van der Waals surface area contributed by atoms with Gasteiger partial charge in [0, 0.05) is 85.0 Å². The molecule has 1 radical (unpaired) electrons. The minimum absolute atomic E-state index is 0. The molecule has 0 saturated heterocycles. The number of hydrogen-bond acceptors (Lipinski definition) is 23. The van der Waals surface area contributed by atoms with Gasteiger partial charge < -0.3 is 74.7 Å². The molecule has 0 aromatic carbocycles. The molecule has 3 aromatic heterocycles. The van der Waals surface area contributed by atoms with Gasteiger partial charge in [-0.05, 0) is 77.6 Å². The Kier molecular flexibility index (Phi) is 68.7. The second kappa shape index (κ2) is 57.4. The molecule has 12 N–H and O–H groups in total. The zero-order chi connectivity index (χ0) is 53.7. The van der Waals surface area contributed by atoms with Gasteiger partial charge in [-0.3, -0.25) is 23.0 Å². The summed E-state index contributed by atoms with van der Waals surface area (Å²) in [6.07, 6.45) is 7.42. The summed E-state index contributed by atoms with van der Waals surface area (Å²) in [5.41, 5.74) is 0. The van der Waals surface area contributed by atoms with Crippen molar-refractivity contribution in [3.05, 3.63) is 9.71 Å². The molecule has 27 nitrogen and oxygen atoms in total. The third kappa shape index (κ3) is 62.1. The van der Waals surface area contributed by atoms with E-state index >= 15 is 0 Å². The summed E-state index contributed by atoms with van der Waals surface area (Å²) < 4.78 is 66.5. The third-order valence-corrected chi connectivity index (χ3v) is 8.31. The summed E-state index contributed by atoms with van der Waals surface area (Å²) in [5.74, 6) is 5.28. The summed E-state index contributed by atoms with van der Waals surface area (Å²) in [6.45, 7) is 29.0. The number of rotatable bonds is 24. The molecule has 0 aliphatic carbocycles. The molecule has 0 fully saturated rings. The number of nitrogens with one attached hydrogen (secondary N) is 8. The van der Waals surface area contributed by atoms with Crippen LogP contribution in [0.3, 0.4) is 0 Å². The average Bonchev–Trinajstić information content (AvgIpc) is 3.31. The van der Waals surface area contributed by atoms with Gasteiger partial charge in [0.2, 0.25) is 45.4 Å². The van der Waals surface area contributed by atoms with Crippen molar-refractivity contribution in [3.63, 3.8) is 0 Å². The number of anilines is 8. The van der Waals surface area contributed by atoms with Crippen LogP contribution in [-0.2, 0) is 39.4 Å². The van der Waals surface area contributed by atoms with E-state index in [0.717, 1.165) is 109 Å². The van der Waals surface area contributed by atoms with Gasteiger partial charge in [-0.25, -0.2) is 13.4 Å². The minimum atomic E-state index is -4.92. The molecule has 3 aromatic rings. The van der Waals surface area contributed by atoms with E-state index in [9.17, 15) is 0 Å². The van der Waals surface area contributed by atoms with E-state index in [1.165, 1.54) is 6.42 Å².